The molecular formula is C14H10ClN3O4. The summed E-state index contributed by atoms with van der Waals surface area (Å²) in [4.78, 5) is 23.3. The maximum atomic E-state index is 11.9. The Bertz CT molecular complexity index is 820. The summed E-state index contributed by atoms with van der Waals surface area (Å²) in [6.45, 7) is 0. The molecule has 3 N–H and O–H groups in total. The van der Waals surface area contributed by atoms with Crippen LogP contribution in [0.5, 0.6) is 0 Å². The molecule has 0 aliphatic carbocycles. The number of methoxy groups -OCH3 is 1. The minimum atomic E-state index is -1.24. The third kappa shape index (κ3) is 2.36. The summed E-state index contributed by atoms with van der Waals surface area (Å²) in [5, 5.41) is 18.4. The van der Waals surface area contributed by atoms with Gasteiger partial charge in [-0.3, -0.25) is 0 Å². The van der Waals surface area contributed by atoms with E-state index in [-0.39, 0.29) is 33.2 Å². The second-order valence-electron chi connectivity index (χ2n) is 4.22. The molecule has 8 heteroatoms. The number of nitriles is 1. The molecule has 2 rings (SSSR count). The molecule has 0 aliphatic heterocycles. The lowest BCUT2D eigenvalue weighted by Gasteiger charge is -2.12. The summed E-state index contributed by atoms with van der Waals surface area (Å²) >= 11 is 6.07. The Morgan fingerprint density at radius 2 is 2.14 bits per heavy atom. The van der Waals surface area contributed by atoms with Crippen molar-refractivity contribution in [3.63, 3.8) is 0 Å². The highest BCUT2D eigenvalue weighted by Crippen LogP contribution is 2.31. The van der Waals surface area contributed by atoms with Crippen LogP contribution in [0.3, 0.4) is 0 Å². The van der Waals surface area contributed by atoms with Crippen molar-refractivity contribution in [3.05, 3.63) is 46.2 Å². The number of esters is 1. The molecule has 0 fully saturated rings. The summed E-state index contributed by atoms with van der Waals surface area (Å²) in [6.07, 6.45) is 1.25. The van der Waals surface area contributed by atoms with Gasteiger partial charge < -0.3 is 20.1 Å². The lowest BCUT2D eigenvalue weighted by molar-refractivity contribution is 0.0591. The second kappa shape index (κ2) is 5.79. The molecule has 0 spiro atoms. The maximum Gasteiger partial charge on any atom is 0.357 e. The highest BCUT2D eigenvalue weighted by Gasteiger charge is 2.25. The SMILES string of the molecule is COC(=O)c1c(N)c(C#N)cn1-c1c(Cl)cccc1C(=O)O. The van der Waals surface area contributed by atoms with Crippen LogP contribution in [0.2, 0.25) is 5.02 Å². The normalized spacial score (nSPS) is 10.0. The average molecular weight is 320 g/mol. The fraction of sp³-hybridized carbons (Fsp3) is 0.0714. The van der Waals surface area contributed by atoms with Gasteiger partial charge >= 0.3 is 11.9 Å². The lowest BCUT2D eigenvalue weighted by atomic mass is 10.1. The predicted molar refractivity (Wildman–Crippen MR) is 78.2 cm³/mol. The first kappa shape index (κ1) is 15.4. The van der Waals surface area contributed by atoms with Gasteiger partial charge in [-0.1, -0.05) is 17.7 Å². The topological polar surface area (TPSA) is 118 Å². The number of nitrogens with zero attached hydrogens (tertiary/aromatic N) is 2. The number of carbonyl (C=O) groups is 2. The summed E-state index contributed by atoms with van der Waals surface area (Å²) < 4.78 is 5.80. The van der Waals surface area contributed by atoms with Crippen LogP contribution in [0, 0.1) is 11.3 Å². The molecule has 22 heavy (non-hydrogen) atoms. The lowest BCUT2D eigenvalue weighted by Crippen LogP contribution is -2.14. The minimum Gasteiger partial charge on any atom is -0.478 e. The van der Waals surface area contributed by atoms with Gasteiger partial charge in [0, 0.05) is 6.20 Å². The fourth-order valence-corrected chi connectivity index (χ4v) is 2.29. The standard InChI is InChI=1S/C14H10ClN3O4/c1-22-14(21)12-10(17)7(5-16)6-18(12)11-8(13(19)20)3-2-4-9(11)15/h2-4,6H,17H2,1H3,(H,19,20). The van der Waals surface area contributed by atoms with E-state index >= 15 is 0 Å². The zero-order valence-electron chi connectivity index (χ0n) is 11.3. The molecule has 0 aliphatic rings. The summed E-state index contributed by atoms with van der Waals surface area (Å²) in [5.41, 5.74) is 5.41. The number of hydrogen-bond acceptors (Lipinski definition) is 5. The number of para-hydroxylation sites is 1. The highest BCUT2D eigenvalue weighted by atomic mass is 35.5. The third-order valence-corrected chi connectivity index (χ3v) is 3.31. The van der Waals surface area contributed by atoms with Gasteiger partial charge in [-0.25, -0.2) is 9.59 Å². The molecule has 0 radical (unpaired) electrons. The van der Waals surface area contributed by atoms with Gasteiger partial charge in [0.2, 0.25) is 0 Å². The molecule has 112 valence electrons. The van der Waals surface area contributed by atoms with Crippen molar-refractivity contribution < 1.29 is 19.4 Å². The molecule has 0 unspecified atom stereocenters. The first-order valence-corrected chi connectivity index (χ1v) is 6.31. The zero-order valence-corrected chi connectivity index (χ0v) is 12.1. The van der Waals surface area contributed by atoms with Crippen molar-refractivity contribution in [2.24, 2.45) is 0 Å². The first-order valence-electron chi connectivity index (χ1n) is 5.93. The molecular weight excluding hydrogens is 310 g/mol. The van der Waals surface area contributed by atoms with E-state index in [9.17, 15) is 14.7 Å². The molecule has 0 amide bonds. The van der Waals surface area contributed by atoms with Crippen molar-refractivity contribution in [3.8, 4) is 11.8 Å². The number of nitrogen functional groups attached to an aromatic ring is 1. The van der Waals surface area contributed by atoms with E-state index in [1.807, 2.05) is 6.07 Å². The molecule has 7 nitrogen and oxygen atoms in total. The van der Waals surface area contributed by atoms with Gasteiger partial charge in [-0.15, -0.1) is 0 Å². The van der Waals surface area contributed by atoms with Crippen molar-refractivity contribution in [1.29, 1.82) is 5.26 Å². The fourth-order valence-electron chi connectivity index (χ4n) is 2.02. The molecule has 0 saturated heterocycles. The smallest absolute Gasteiger partial charge is 0.357 e. The summed E-state index contributed by atoms with van der Waals surface area (Å²) in [6, 6.07) is 6.08. The van der Waals surface area contributed by atoms with Crippen LogP contribution in [0.25, 0.3) is 5.69 Å². The largest absolute Gasteiger partial charge is 0.478 e. The number of aromatic carboxylic acids is 1. The molecule has 0 bridgehead atoms. The van der Waals surface area contributed by atoms with E-state index < -0.39 is 11.9 Å². The number of ether oxygens (including phenoxy) is 1. The highest BCUT2D eigenvalue weighted by molar-refractivity contribution is 6.33. The number of nitrogens with two attached hydrogens (primary N) is 1. The van der Waals surface area contributed by atoms with Gasteiger partial charge in [0.25, 0.3) is 0 Å². The molecule has 1 heterocycles. The molecule has 0 atom stereocenters. The van der Waals surface area contributed by atoms with Crippen LogP contribution in [-0.4, -0.2) is 28.7 Å². The Hall–Kier alpha value is -2.98. The Morgan fingerprint density at radius 3 is 2.68 bits per heavy atom. The van der Waals surface area contributed by atoms with E-state index in [0.29, 0.717) is 0 Å². The van der Waals surface area contributed by atoms with Crippen LogP contribution < -0.4 is 5.73 Å². The number of anilines is 1. The third-order valence-electron chi connectivity index (χ3n) is 3.00. The number of halogens is 1. The van der Waals surface area contributed by atoms with E-state index in [2.05, 4.69) is 4.74 Å². The molecule has 0 saturated carbocycles. The zero-order chi connectivity index (χ0) is 16.4. The second-order valence-corrected chi connectivity index (χ2v) is 4.63. The van der Waals surface area contributed by atoms with E-state index in [1.165, 1.54) is 24.4 Å². The van der Waals surface area contributed by atoms with Crippen molar-refractivity contribution in [1.82, 2.24) is 4.57 Å². The van der Waals surface area contributed by atoms with E-state index in [0.717, 1.165) is 11.7 Å². The van der Waals surface area contributed by atoms with Gasteiger partial charge in [0.05, 0.1) is 34.6 Å². The quantitative estimate of drug-likeness (QED) is 0.836. The number of benzene rings is 1. The molecule has 2 aromatic rings. The maximum absolute atomic E-state index is 11.9. The Balaban J connectivity index is 2.88. The number of carboxylic acids is 1. The van der Waals surface area contributed by atoms with Crippen molar-refractivity contribution in [2.75, 3.05) is 12.8 Å². The van der Waals surface area contributed by atoms with Crippen LogP contribution in [0.4, 0.5) is 5.69 Å². The van der Waals surface area contributed by atoms with Gasteiger partial charge in [0.15, 0.2) is 5.69 Å². The summed E-state index contributed by atoms with van der Waals surface area (Å²) in [7, 11) is 1.15. The molecule has 1 aromatic heterocycles. The van der Waals surface area contributed by atoms with E-state index in [4.69, 9.17) is 22.6 Å². The number of hydrogen-bond donors (Lipinski definition) is 2. The number of aromatic nitrogens is 1. The van der Waals surface area contributed by atoms with Crippen LogP contribution in [0.15, 0.2) is 24.4 Å². The van der Waals surface area contributed by atoms with Gasteiger partial charge in [-0.05, 0) is 12.1 Å². The molecule has 1 aromatic carbocycles. The monoisotopic (exact) mass is 319 g/mol. The van der Waals surface area contributed by atoms with Gasteiger partial charge in [0.1, 0.15) is 6.07 Å². The summed E-state index contributed by atoms with van der Waals surface area (Å²) in [5.74, 6) is -2.05. The van der Waals surface area contributed by atoms with Crippen molar-refractivity contribution >= 4 is 29.2 Å². The van der Waals surface area contributed by atoms with Crippen LogP contribution in [-0.2, 0) is 4.74 Å². The minimum absolute atomic E-state index is 0.0108. The van der Waals surface area contributed by atoms with E-state index in [1.54, 1.807) is 0 Å². The Morgan fingerprint density at radius 1 is 1.45 bits per heavy atom. The number of rotatable bonds is 3. The number of carboxylic acid groups (broad SMARTS) is 1. The average Bonchev–Trinajstić information content (AvgIpc) is 2.82. The van der Waals surface area contributed by atoms with Crippen LogP contribution >= 0.6 is 11.6 Å². The van der Waals surface area contributed by atoms with Gasteiger partial charge in [-0.2, -0.15) is 5.26 Å². The Kier molecular flexibility index (Phi) is 4.06. The van der Waals surface area contributed by atoms with Crippen molar-refractivity contribution in [2.45, 2.75) is 0 Å². The predicted octanol–water partition coefficient (Wildman–Crippen LogP) is 2.07. The Labute approximate surface area is 130 Å². The van der Waals surface area contributed by atoms with Crippen LogP contribution in [0.1, 0.15) is 26.4 Å². The first-order chi connectivity index (χ1) is 10.4. The number of carbonyl (C=O) groups excluding carboxylic acids is 1.